The minimum absolute atomic E-state index is 0.108. The number of nitriles is 1. The van der Waals surface area contributed by atoms with E-state index in [-0.39, 0.29) is 11.3 Å². The normalized spacial score (nSPS) is 21.4. The van der Waals surface area contributed by atoms with Crippen LogP contribution in [0.15, 0.2) is 18.2 Å². The first-order valence-electron chi connectivity index (χ1n) is 7.59. The van der Waals surface area contributed by atoms with Gasteiger partial charge in [-0.05, 0) is 57.8 Å². The average molecular weight is 302 g/mol. The van der Waals surface area contributed by atoms with Crippen molar-refractivity contribution in [3.63, 3.8) is 0 Å². The summed E-state index contributed by atoms with van der Waals surface area (Å²) in [6.07, 6.45) is 4.57. The zero-order valence-corrected chi connectivity index (χ0v) is 13.1. The van der Waals surface area contributed by atoms with Crippen molar-refractivity contribution in [2.45, 2.75) is 31.7 Å². The quantitative estimate of drug-likeness (QED) is 0.668. The predicted molar refractivity (Wildman–Crippen MR) is 85.7 cm³/mol. The van der Waals surface area contributed by atoms with Crippen molar-refractivity contribution in [1.29, 1.82) is 5.26 Å². The molecule has 1 aromatic carbocycles. The standard InChI is InChI=1S/C16H22N4O2/c1-19(2)11-12-3-5-14(6-4-12)18-15-7-8-16(20(21)22)13(9-15)10-17/h7-9,12,14,18H,3-6,11H2,1-2H3. The Bertz CT molecular complexity index is 572. The van der Waals surface area contributed by atoms with E-state index in [9.17, 15) is 10.1 Å². The lowest BCUT2D eigenvalue weighted by molar-refractivity contribution is -0.385. The maximum Gasteiger partial charge on any atom is 0.287 e. The Hall–Kier alpha value is -2.13. The molecule has 118 valence electrons. The van der Waals surface area contributed by atoms with Gasteiger partial charge in [-0.2, -0.15) is 5.26 Å². The Morgan fingerprint density at radius 1 is 1.36 bits per heavy atom. The van der Waals surface area contributed by atoms with Gasteiger partial charge in [0, 0.05) is 24.3 Å². The number of benzene rings is 1. The van der Waals surface area contributed by atoms with E-state index in [0.29, 0.717) is 6.04 Å². The van der Waals surface area contributed by atoms with Gasteiger partial charge < -0.3 is 10.2 Å². The highest BCUT2D eigenvalue weighted by molar-refractivity contribution is 5.59. The highest BCUT2D eigenvalue weighted by Gasteiger charge is 2.22. The monoisotopic (exact) mass is 302 g/mol. The summed E-state index contributed by atoms with van der Waals surface area (Å²) in [4.78, 5) is 12.5. The summed E-state index contributed by atoms with van der Waals surface area (Å²) in [6.45, 7) is 1.13. The van der Waals surface area contributed by atoms with Crippen molar-refractivity contribution in [1.82, 2.24) is 4.90 Å². The lowest BCUT2D eigenvalue weighted by atomic mass is 9.85. The molecule has 1 saturated carbocycles. The van der Waals surface area contributed by atoms with Gasteiger partial charge in [0.25, 0.3) is 5.69 Å². The Labute approximate surface area is 130 Å². The molecule has 1 fully saturated rings. The maximum absolute atomic E-state index is 10.8. The largest absolute Gasteiger partial charge is 0.382 e. The van der Waals surface area contributed by atoms with E-state index in [1.54, 1.807) is 12.1 Å². The Morgan fingerprint density at radius 2 is 2.05 bits per heavy atom. The van der Waals surface area contributed by atoms with Crippen LogP contribution in [0.25, 0.3) is 0 Å². The first-order chi connectivity index (χ1) is 10.5. The van der Waals surface area contributed by atoms with Crippen molar-refractivity contribution in [2.24, 2.45) is 5.92 Å². The number of nitrogens with one attached hydrogen (secondary N) is 1. The SMILES string of the molecule is CN(C)CC1CCC(Nc2ccc([N+](=O)[O-])c(C#N)c2)CC1. The van der Waals surface area contributed by atoms with Gasteiger partial charge in [0.05, 0.1) is 4.92 Å². The van der Waals surface area contributed by atoms with Crippen LogP contribution in [-0.4, -0.2) is 36.5 Å². The number of nitro groups is 1. The molecule has 1 aliphatic rings. The van der Waals surface area contributed by atoms with Gasteiger partial charge in [0.2, 0.25) is 0 Å². The zero-order chi connectivity index (χ0) is 16.1. The van der Waals surface area contributed by atoms with E-state index < -0.39 is 4.92 Å². The summed E-state index contributed by atoms with van der Waals surface area (Å²) in [5.74, 6) is 0.750. The molecule has 2 rings (SSSR count). The lowest BCUT2D eigenvalue weighted by Gasteiger charge is -2.31. The topological polar surface area (TPSA) is 82.2 Å². The predicted octanol–water partition coefficient (Wildman–Crippen LogP) is 3.00. The van der Waals surface area contributed by atoms with Crippen LogP contribution in [-0.2, 0) is 0 Å². The molecule has 0 spiro atoms. The van der Waals surface area contributed by atoms with Gasteiger partial charge in [-0.25, -0.2) is 0 Å². The summed E-state index contributed by atoms with van der Waals surface area (Å²) in [6, 6.07) is 6.94. The van der Waals surface area contributed by atoms with Crippen LogP contribution in [0.1, 0.15) is 31.2 Å². The number of nitro benzene ring substituents is 1. The first kappa shape index (κ1) is 16.2. The Morgan fingerprint density at radius 3 is 2.59 bits per heavy atom. The van der Waals surface area contributed by atoms with Crippen LogP contribution in [0.4, 0.5) is 11.4 Å². The second kappa shape index (κ2) is 7.23. The first-order valence-corrected chi connectivity index (χ1v) is 7.59. The smallest absolute Gasteiger partial charge is 0.287 e. The summed E-state index contributed by atoms with van der Waals surface area (Å²) < 4.78 is 0. The highest BCUT2D eigenvalue weighted by Crippen LogP contribution is 2.28. The van der Waals surface area contributed by atoms with Gasteiger partial charge in [0.1, 0.15) is 11.6 Å². The van der Waals surface area contributed by atoms with E-state index in [0.717, 1.165) is 31.0 Å². The molecular formula is C16H22N4O2. The average Bonchev–Trinajstić information content (AvgIpc) is 2.48. The van der Waals surface area contributed by atoms with Crippen LogP contribution < -0.4 is 5.32 Å². The van der Waals surface area contributed by atoms with Crippen molar-refractivity contribution < 1.29 is 4.92 Å². The molecule has 1 N–H and O–H groups in total. The molecule has 0 bridgehead atoms. The lowest BCUT2D eigenvalue weighted by Crippen LogP contribution is -2.30. The second-order valence-corrected chi connectivity index (χ2v) is 6.23. The third-order valence-electron chi connectivity index (χ3n) is 4.15. The summed E-state index contributed by atoms with van der Waals surface area (Å²) in [7, 11) is 4.20. The van der Waals surface area contributed by atoms with Crippen LogP contribution in [0.5, 0.6) is 0 Å². The van der Waals surface area contributed by atoms with E-state index in [4.69, 9.17) is 5.26 Å². The van der Waals surface area contributed by atoms with Crippen LogP contribution >= 0.6 is 0 Å². The number of anilines is 1. The van der Waals surface area contributed by atoms with Crippen LogP contribution in [0, 0.1) is 27.4 Å². The van der Waals surface area contributed by atoms with Gasteiger partial charge >= 0.3 is 0 Å². The molecule has 22 heavy (non-hydrogen) atoms. The summed E-state index contributed by atoms with van der Waals surface area (Å²) in [5.41, 5.74) is 0.761. The number of hydrogen-bond donors (Lipinski definition) is 1. The molecule has 6 nitrogen and oxygen atoms in total. The third-order valence-corrected chi connectivity index (χ3v) is 4.15. The second-order valence-electron chi connectivity index (χ2n) is 6.23. The molecule has 1 aliphatic carbocycles. The molecule has 1 aromatic rings. The number of rotatable bonds is 5. The van der Waals surface area contributed by atoms with Gasteiger partial charge in [-0.15, -0.1) is 0 Å². The molecule has 0 aliphatic heterocycles. The molecule has 0 heterocycles. The van der Waals surface area contributed by atoms with Gasteiger partial charge in [0.15, 0.2) is 0 Å². The van der Waals surface area contributed by atoms with E-state index in [1.165, 1.54) is 18.9 Å². The molecule has 0 radical (unpaired) electrons. The van der Waals surface area contributed by atoms with Crippen LogP contribution in [0.3, 0.4) is 0 Å². The fraction of sp³-hybridized carbons (Fsp3) is 0.562. The molecule has 0 amide bonds. The fourth-order valence-corrected chi connectivity index (χ4v) is 3.12. The van der Waals surface area contributed by atoms with E-state index in [1.807, 2.05) is 6.07 Å². The van der Waals surface area contributed by atoms with Crippen molar-refractivity contribution in [3.8, 4) is 6.07 Å². The van der Waals surface area contributed by atoms with Crippen molar-refractivity contribution in [3.05, 3.63) is 33.9 Å². The fourth-order valence-electron chi connectivity index (χ4n) is 3.12. The molecular weight excluding hydrogens is 280 g/mol. The van der Waals surface area contributed by atoms with Crippen LogP contribution in [0.2, 0.25) is 0 Å². The Kier molecular flexibility index (Phi) is 5.34. The molecule has 6 heteroatoms. The number of nitrogens with zero attached hydrogens (tertiary/aromatic N) is 3. The van der Waals surface area contributed by atoms with E-state index >= 15 is 0 Å². The highest BCUT2D eigenvalue weighted by atomic mass is 16.6. The van der Waals surface area contributed by atoms with Gasteiger partial charge in [-0.1, -0.05) is 0 Å². The van der Waals surface area contributed by atoms with Crippen molar-refractivity contribution >= 4 is 11.4 Å². The minimum atomic E-state index is -0.519. The Balaban J connectivity index is 1.95. The van der Waals surface area contributed by atoms with E-state index in [2.05, 4.69) is 24.3 Å². The zero-order valence-electron chi connectivity index (χ0n) is 13.1. The van der Waals surface area contributed by atoms with Crippen molar-refractivity contribution in [2.75, 3.05) is 26.0 Å². The third kappa shape index (κ3) is 4.18. The molecule has 0 saturated heterocycles. The van der Waals surface area contributed by atoms with Gasteiger partial charge in [-0.3, -0.25) is 10.1 Å². The molecule has 0 aromatic heterocycles. The summed E-state index contributed by atoms with van der Waals surface area (Å²) >= 11 is 0. The number of hydrogen-bond acceptors (Lipinski definition) is 5. The summed E-state index contributed by atoms with van der Waals surface area (Å²) in [5, 5.41) is 23.3. The minimum Gasteiger partial charge on any atom is -0.382 e. The maximum atomic E-state index is 10.8. The molecule has 0 unspecified atom stereocenters. The molecule has 0 atom stereocenters.